The molecule has 5 heteroatoms. The maximum absolute atomic E-state index is 13.2. The molecule has 1 saturated heterocycles. The first-order chi connectivity index (χ1) is 13.5. The number of carbonyl (C=O) groups is 1. The van der Waals surface area contributed by atoms with Crippen molar-refractivity contribution in [3.8, 4) is 0 Å². The largest absolute Gasteiger partial charge is 0.338 e. The highest BCUT2D eigenvalue weighted by atomic mass is 16.2. The van der Waals surface area contributed by atoms with Crippen LogP contribution in [0.2, 0.25) is 0 Å². The van der Waals surface area contributed by atoms with E-state index in [1.165, 1.54) is 17.5 Å². The van der Waals surface area contributed by atoms with E-state index in [1.54, 1.807) is 10.7 Å². The van der Waals surface area contributed by atoms with Crippen LogP contribution in [0.5, 0.6) is 0 Å². The number of amides is 1. The summed E-state index contributed by atoms with van der Waals surface area (Å²) in [5.41, 5.74) is 5.97. The van der Waals surface area contributed by atoms with Crippen LogP contribution < -0.4 is 0 Å². The minimum atomic E-state index is 0.0630. The first-order valence-corrected chi connectivity index (χ1v) is 10.2. The lowest BCUT2D eigenvalue weighted by Gasteiger charge is -2.32. The zero-order chi connectivity index (χ0) is 19.7. The smallest absolute Gasteiger partial charge is 0.259 e. The minimum absolute atomic E-state index is 0.0630. The van der Waals surface area contributed by atoms with Gasteiger partial charge in [-0.15, -0.1) is 0 Å². The molecule has 0 bridgehead atoms. The first kappa shape index (κ1) is 18.7. The van der Waals surface area contributed by atoms with E-state index >= 15 is 0 Å². The lowest BCUT2D eigenvalue weighted by molar-refractivity contribution is 0.0670. The summed E-state index contributed by atoms with van der Waals surface area (Å²) in [6.45, 7) is 7.77. The van der Waals surface area contributed by atoms with Gasteiger partial charge in [-0.2, -0.15) is 5.10 Å². The third kappa shape index (κ3) is 3.66. The zero-order valence-corrected chi connectivity index (χ0v) is 17.0. The second-order valence-corrected chi connectivity index (χ2v) is 8.06. The quantitative estimate of drug-likeness (QED) is 0.688. The number of piperidine rings is 1. The standard InChI is InChI=1S/C23H28N4O/c1-16-7-4-5-9-20(16)11-10-19-8-6-12-26(15-19)23(28)21-14-24-27-18(3)13-17(2)25-22(21)27/h4-5,7,9,13-14,19H,6,8,10-12,15H2,1-3H3. The molecular weight excluding hydrogens is 348 g/mol. The van der Waals surface area contributed by atoms with Gasteiger partial charge in [0.15, 0.2) is 5.65 Å². The molecule has 4 rings (SSSR count). The molecule has 1 atom stereocenters. The molecule has 28 heavy (non-hydrogen) atoms. The predicted octanol–water partition coefficient (Wildman–Crippen LogP) is 4.14. The summed E-state index contributed by atoms with van der Waals surface area (Å²) in [4.78, 5) is 19.8. The van der Waals surface area contributed by atoms with Gasteiger partial charge in [0, 0.05) is 24.5 Å². The number of benzene rings is 1. The molecular formula is C23H28N4O. The molecule has 1 aromatic carbocycles. The van der Waals surface area contributed by atoms with Crippen molar-refractivity contribution in [2.75, 3.05) is 13.1 Å². The average Bonchev–Trinajstić information content (AvgIpc) is 3.11. The Bertz CT molecular complexity index is 1010. The molecule has 1 aliphatic rings. The van der Waals surface area contributed by atoms with Crippen LogP contribution in [0, 0.1) is 26.7 Å². The highest BCUT2D eigenvalue weighted by Gasteiger charge is 2.27. The van der Waals surface area contributed by atoms with Crippen molar-refractivity contribution < 1.29 is 4.79 Å². The Morgan fingerprint density at radius 2 is 2.04 bits per heavy atom. The van der Waals surface area contributed by atoms with Crippen LogP contribution in [0.15, 0.2) is 36.5 Å². The Labute approximate surface area is 166 Å². The monoisotopic (exact) mass is 376 g/mol. The van der Waals surface area contributed by atoms with E-state index in [9.17, 15) is 4.79 Å². The molecule has 3 aromatic rings. The van der Waals surface area contributed by atoms with E-state index in [-0.39, 0.29) is 5.91 Å². The van der Waals surface area contributed by atoms with E-state index in [0.29, 0.717) is 17.1 Å². The normalized spacial score (nSPS) is 17.2. The molecule has 1 amide bonds. The van der Waals surface area contributed by atoms with Crippen molar-refractivity contribution >= 4 is 11.6 Å². The SMILES string of the molecule is Cc1cc(C)n2ncc(C(=O)N3CCCC(CCc4ccccc4C)C3)c2n1. The average molecular weight is 377 g/mol. The van der Waals surface area contributed by atoms with Crippen LogP contribution in [0.1, 0.15) is 52.1 Å². The summed E-state index contributed by atoms with van der Waals surface area (Å²) in [6.07, 6.45) is 6.14. The van der Waals surface area contributed by atoms with Crippen LogP contribution >= 0.6 is 0 Å². The summed E-state index contributed by atoms with van der Waals surface area (Å²) in [6, 6.07) is 10.6. The molecule has 1 fully saturated rings. The van der Waals surface area contributed by atoms with Gasteiger partial charge in [0.05, 0.1) is 6.20 Å². The van der Waals surface area contributed by atoms with Crippen molar-refractivity contribution in [1.29, 1.82) is 0 Å². The van der Waals surface area contributed by atoms with Crippen molar-refractivity contribution in [2.45, 2.75) is 46.5 Å². The lowest BCUT2D eigenvalue weighted by atomic mass is 9.90. The summed E-state index contributed by atoms with van der Waals surface area (Å²) in [7, 11) is 0. The number of hydrogen-bond donors (Lipinski definition) is 0. The fourth-order valence-electron chi connectivity index (χ4n) is 4.33. The summed E-state index contributed by atoms with van der Waals surface area (Å²) < 4.78 is 1.76. The van der Waals surface area contributed by atoms with Gasteiger partial charge in [-0.3, -0.25) is 4.79 Å². The van der Waals surface area contributed by atoms with Gasteiger partial charge in [0.25, 0.3) is 5.91 Å². The van der Waals surface area contributed by atoms with Gasteiger partial charge in [0.2, 0.25) is 0 Å². The van der Waals surface area contributed by atoms with Crippen LogP contribution in [0.3, 0.4) is 0 Å². The van der Waals surface area contributed by atoms with Crippen molar-refractivity contribution in [3.63, 3.8) is 0 Å². The molecule has 0 radical (unpaired) electrons. The van der Waals surface area contributed by atoms with Gasteiger partial charge < -0.3 is 4.90 Å². The lowest BCUT2D eigenvalue weighted by Crippen LogP contribution is -2.40. The Morgan fingerprint density at radius 1 is 1.21 bits per heavy atom. The minimum Gasteiger partial charge on any atom is -0.338 e. The third-order valence-electron chi connectivity index (χ3n) is 5.90. The van der Waals surface area contributed by atoms with E-state index in [1.807, 2.05) is 24.8 Å². The van der Waals surface area contributed by atoms with Crippen molar-refractivity contribution in [2.24, 2.45) is 5.92 Å². The number of likely N-dealkylation sites (tertiary alicyclic amines) is 1. The van der Waals surface area contributed by atoms with Crippen molar-refractivity contribution in [1.82, 2.24) is 19.5 Å². The molecule has 2 aromatic heterocycles. The highest BCUT2D eigenvalue weighted by Crippen LogP contribution is 2.24. The van der Waals surface area contributed by atoms with Crippen LogP contribution in [0.25, 0.3) is 5.65 Å². The predicted molar refractivity (Wildman–Crippen MR) is 111 cm³/mol. The molecule has 1 aliphatic heterocycles. The fraction of sp³-hybridized carbons (Fsp3) is 0.435. The second kappa shape index (κ2) is 7.74. The topological polar surface area (TPSA) is 50.5 Å². The molecule has 0 N–H and O–H groups in total. The number of aromatic nitrogens is 3. The number of rotatable bonds is 4. The summed E-state index contributed by atoms with van der Waals surface area (Å²) in [5, 5.41) is 4.39. The molecule has 0 aliphatic carbocycles. The molecule has 3 heterocycles. The molecule has 0 saturated carbocycles. The van der Waals surface area contributed by atoms with Crippen LogP contribution in [-0.4, -0.2) is 38.5 Å². The number of fused-ring (bicyclic) bond motifs is 1. The van der Waals surface area contributed by atoms with Gasteiger partial charge in [-0.25, -0.2) is 9.50 Å². The number of nitrogens with zero attached hydrogens (tertiary/aromatic N) is 4. The Kier molecular flexibility index (Phi) is 5.16. The second-order valence-electron chi connectivity index (χ2n) is 8.06. The summed E-state index contributed by atoms with van der Waals surface area (Å²) in [5.74, 6) is 0.615. The van der Waals surface area contributed by atoms with E-state index < -0.39 is 0 Å². The van der Waals surface area contributed by atoms with Crippen LogP contribution in [0.4, 0.5) is 0 Å². The molecule has 0 spiro atoms. The molecule has 146 valence electrons. The Morgan fingerprint density at radius 3 is 2.86 bits per heavy atom. The van der Waals surface area contributed by atoms with Crippen molar-refractivity contribution in [3.05, 3.63) is 64.6 Å². The molecule has 1 unspecified atom stereocenters. The van der Waals surface area contributed by atoms with Gasteiger partial charge >= 0.3 is 0 Å². The zero-order valence-electron chi connectivity index (χ0n) is 17.0. The first-order valence-electron chi connectivity index (χ1n) is 10.2. The third-order valence-corrected chi connectivity index (χ3v) is 5.90. The fourth-order valence-corrected chi connectivity index (χ4v) is 4.33. The van der Waals surface area contributed by atoms with E-state index in [2.05, 4.69) is 41.3 Å². The van der Waals surface area contributed by atoms with E-state index in [4.69, 9.17) is 0 Å². The number of aryl methyl sites for hydroxylation is 4. The maximum atomic E-state index is 13.2. The maximum Gasteiger partial charge on any atom is 0.259 e. The van der Waals surface area contributed by atoms with Gasteiger partial charge in [0.1, 0.15) is 5.56 Å². The summed E-state index contributed by atoms with van der Waals surface area (Å²) >= 11 is 0. The van der Waals surface area contributed by atoms with Gasteiger partial charge in [-0.1, -0.05) is 24.3 Å². The van der Waals surface area contributed by atoms with Gasteiger partial charge in [-0.05, 0) is 69.6 Å². The Hall–Kier alpha value is -2.69. The van der Waals surface area contributed by atoms with Crippen LogP contribution in [-0.2, 0) is 6.42 Å². The highest BCUT2D eigenvalue weighted by molar-refractivity contribution is 5.99. The number of hydrogen-bond acceptors (Lipinski definition) is 3. The number of carbonyl (C=O) groups excluding carboxylic acids is 1. The molecule has 5 nitrogen and oxygen atoms in total. The van der Waals surface area contributed by atoms with E-state index in [0.717, 1.165) is 43.7 Å². The Balaban J connectivity index is 1.47.